The minimum atomic E-state index is 0.138. The van der Waals surface area contributed by atoms with Gasteiger partial charge < -0.3 is 15.0 Å². The normalized spacial score (nSPS) is 20.6. The number of ether oxygens (including phenoxy) is 1. The second-order valence-corrected chi connectivity index (χ2v) is 6.82. The lowest BCUT2D eigenvalue weighted by molar-refractivity contribution is -0.0279. The molecule has 0 amide bonds. The number of nitrogens with one attached hydrogen (secondary N) is 1. The van der Waals surface area contributed by atoms with Gasteiger partial charge in [0.2, 0.25) is 0 Å². The molecule has 3 heterocycles. The van der Waals surface area contributed by atoms with Crippen LogP contribution >= 0.6 is 0 Å². The minimum Gasteiger partial charge on any atom is -0.376 e. The van der Waals surface area contributed by atoms with Crippen LogP contribution in [0.25, 0.3) is 0 Å². The van der Waals surface area contributed by atoms with Crippen LogP contribution in [0.2, 0.25) is 0 Å². The maximum atomic E-state index is 6.08. The van der Waals surface area contributed by atoms with Gasteiger partial charge in [-0.15, -0.1) is 0 Å². The predicted octanol–water partition coefficient (Wildman–Crippen LogP) is 2.62. The van der Waals surface area contributed by atoms with Crippen LogP contribution in [0.3, 0.4) is 0 Å². The molecular formula is C19H29N5O. The molecule has 3 rings (SSSR count). The van der Waals surface area contributed by atoms with E-state index in [4.69, 9.17) is 4.74 Å². The van der Waals surface area contributed by atoms with E-state index < -0.39 is 0 Å². The summed E-state index contributed by atoms with van der Waals surface area (Å²) in [5.41, 5.74) is 3.44. The summed E-state index contributed by atoms with van der Waals surface area (Å²) in [5, 5.41) is 7.99. The lowest BCUT2D eigenvalue weighted by Crippen LogP contribution is -2.32. The monoisotopic (exact) mass is 343 g/mol. The maximum absolute atomic E-state index is 6.08. The molecule has 1 aliphatic heterocycles. The van der Waals surface area contributed by atoms with E-state index in [1.165, 1.54) is 12.0 Å². The Labute approximate surface area is 150 Å². The molecule has 0 radical (unpaired) electrons. The van der Waals surface area contributed by atoms with Crippen LogP contribution in [0.5, 0.6) is 0 Å². The third-order valence-electron chi connectivity index (χ3n) is 4.80. The number of anilines is 1. The lowest BCUT2D eigenvalue weighted by atomic mass is 9.91. The van der Waals surface area contributed by atoms with Crippen LogP contribution in [0, 0.1) is 5.92 Å². The first-order valence-corrected chi connectivity index (χ1v) is 9.15. The zero-order chi connectivity index (χ0) is 17.6. The average molecular weight is 343 g/mol. The second kappa shape index (κ2) is 8.45. The van der Waals surface area contributed by atoms with Crippen LogP contribution in [0.15, 0.2) is 30.7 Å². The third kappa shape index (κ3) is 4.38. The first-order valence-electron chi connectivity index (χ1n) is 9.15. The van der Waals surface area contributed by atoms with Gasteiger partial charge in [-0.25, -0.2) is 0 Å². The summed E-state index contributed by atoms with van der Waals surface area (Å²) < 4.78 is 8.05. The molecule has 0 bridgehead atoms. The van der Waals surface area contributed by atoms with Crippen molar-refractivity contribution in [3.63, 3.8) is 0 Å². The molecule has 0 unspecified atom stereocenters. The van der Waals surface area contributed by atoms with E-state index in [-0.39, 0.29) is 6.10 Å². The van der Waals surface area contributed by atoms with Gasteiger partial charge >= 0.3 is 0 Å². The lowest BCUT2D eigenvalue weighted by Gasteiger charge is -2.31. The van der Waals surface area contributed by atoms with Crippen molar-refractivity contribution in [1.29, 1.82) is 0 Å². The van der Waals surface area contributed by atoms with Crippen LogP contribution in [-0.2, 0) is 17.8 Å². The Morgan fingerprint density at radius 2 is 2.28 bits per heavy atom. The molecule has 136 valence electrons. The highest BCUT2D eigenvalue weighted by molar-refractivity contribution is 5.48. The molecule has 6 nitrogen and oxygen atoms in total. The van der Waals surface area contributed by atoms with Crippen molar-refractivity contribution < 1.29 is 4.74 Å². The minimum absolute atomic E-state index is 0.138. The van der Waals surface area contributed by atoms with Crippen molar-refractivity contribution in [2.75, 3.05) is 32.1 Å². The molecule has 6 heteroatoms. The highest BCUT2D eigenvalue weighted by atomic mass is 16.5. The van der Waals surface area contributed by atoms with Crippen molar-refractivity contribution in [3.05, 3.63) is 42.0 Å². The maximum Gasteiger partial charge on any atom is 0.0895 e. The smallest absolute Gasteiger partial charge is 0.0895 e. The number of aryl methyl sites for hydroxylation is 1. The number of hydrogen-bond donors (Lipinski definition) is 1. The molecule has 0 spiro atoms. The second-order valence-electron chi connectivity index (χ2n) is 6.82. The van der Waals surface area contributed by atoms with E-state index in [2.05, 4.69) is 53.6 Å². The number of hydrogen-bond acceptors (Lipinski definition) is 5. The topological polar surface area (TPSA) is 55.2 Å². The molecule has 1 saturated heterocycles. The van der Waals surface area contributed by atoms with Crippen LogP contribution in [-0.4, -0.2) is 42.0 Å². The van der Waals surface area contributed by atoms with Gasteiger partial charge in [0.1, 0.15) is 0 Å². The van der Waals surface area contributed by atoms with Crippen molar-refractivity contribution >= 4 is 5.69 Å². The van der Waals surface area contributed by atoms with Crippen molar-refractivity contribution in [2.24, 2.45) is 5.92 Å². The number of pyridine rings is 1. The van der Waals surface area contributed by atoms with Crippen molar-refractivity contribution in [1.82, 2.24) is 20.1 Å². The highest BCUT2D eigenvalue weighted by Crippen LogP contribution is 2.33. The fourth-order valence-corrected chi connectivity index (χ4v) is 3.47. The standard InChI is InChI=1S/C19H29N5O/c1-4-24-14-16(12-22-24)19-15(7-6-10-25-19)11-20-13-17-18(23(2)3)8-5-9-21-17/h5,8-9,12,14-15,19-20H,4,6-7,10-11,13H2,1-3H3/t15-,19+/m0/s1. The fraction of sp³-hybridized carbons (Fsp3) is 0.579. The van der Waals surface area contributed by atoms with Gasteiger partial charge in [-0.2, -0.15) is 5.10 Å². The first kappa shape index (κ1) is 17.9. The van der Waals surface area contributed by atoms with Crippen LogP contribution in [0.1, 0.15) is 37.1 Å². The summed E-state index contributed by atoms with van der Waals surface area (Å²) >= 11 is 0. The molecule has 25 heavy (non-hydrogen) atoms. The molecule has 2 atom stereocenters. The summed E-state index contributed by atoms with van der Waals surface area (Å²) in [6.07, 6.45) is 8.37. The number of nitrogens with zero attached hydrogens (tertiary/aromatic N) is 4. The Balaban J connectivity index is 1.61. The zero-order valence-electron chi connectivity index (χ0n) is 15.5. The average Bonchev–Trinajstić information content (AvgIpc) is 3.11. The Hall–Kier alpha value is -1.92. The van der Waals surface area contributed by atoms with Crippen molar-refractivity contribution in [2.45, 2.75) is 39.0 Å². The van der Waals surface area contributed by atoms with Gasteiger partial charge in [-0.3, -0.25) is 9.67 Å². The Bertz CT molecular complexity index is 669. The zero-order valence-corrected chi connectivity index (χ0v) is 15.5. The summed E-state index contributed by atoms with van der Waals surface area (Å²) in [7, 11) is 4.10. The van der Waals surface area contributed by atoms with E-state index in [1.807, 2.05) is 23.1 Å². The Kier molecular flexibility index (Phi) is 6.04. The van der Waals surface area contributed by atoms with Gasteiger partial charge in [0, 0.05) is 64.2 Å². The number of aromatic nitrogens is 3. The van der Waals surface area contributed by atoms with E-state index in [9.17, 15) is 0 Å². The summed E-state index contributed by atoms with van der Waals surface area (Å²) in [6.45, 7) is 5.52. The van der Waals surface area contributed by atoms with Crippen molar-refractivity contribution in [3.8, 4) is 0 Å². The third-order valence-corrected chi connectivity index (χ3v) is 4.80. The quantitative estimate of drug-likeness (QED) is 0.837. The van der Waals surface area contributed by atoms with E-state index in [0.717, 1.165) is 44.0 Å². The van der Waals surface area contributed by atoms with Crippen LogP contribution < -0.4 is 10.2 Å². The molecule has 0 saturated carbocycles. The van der Waals surface area contributed by atoms with Gasteiger partial charge in [0.25, 0.3) is 0 Å². The SMILES string of the molecule is CCn1cc([C@@H]2OCCC[C@H]2CNCc2ncccc2N(C)C)cn1. The molecule has 1 fully saturated rings. The van der Waals surface area contributed by atoms with Gasteiger partial charge in [-0.05, 0) is 31.9 Å². The number of rotatable bonds is 7. The first-order chi connectivity index (χ1) is 12.2. The molecule has 0 aromatic carbocycles. The summed E-state index contributed by atoms with van der Waals surface area (Å²) in [6, 6.07) is 4.09. The largest absolute Gasteiger partial charge is 0.376 e. The molecule has 2 aromatic heterocycles. The van der Waals surface area contributed by atoms with E-state index in [1.54, 1.807) is 0 Å². The highest BCUT2D eigenvalue weighted by Gasteiger charge is 2.28. The summed E-state index contributed by atoms with van der Waals surface area (Å²) in [4.78, 5) is 6.63. The fourth-order valence-electron chi connectivity index (χ4n) is 3.47. The Morgan fingerprint density at radius 3 is 3.04 bits per heavy atom. The predicted molar refractivity (Wildman–Crippen MR) is 99.6 cm³/mol. The van der Waals surface area contributed by atoms with Gasteiger partial charge in [0.15, 0.2) is 0 Å². The molecule has 1 N–H and O–H groups in total. The molecule has 1 aliphatic rings. The Morgan fingerprint density at radius 1 is 1.40 bits per heavy atom. The van der Waals surface area contributed by atoms with E-state index >= 15 is 0 Å². The molecule has 2 aromatic rings. The molecular weight excluding hydrogens is 314 g/mol. The van der Waals surface area contributed by atoms with Gasteiger partial charge in [0.05, 0.1) is 23.7 Å². The van der Waals surface area contributed by atoms with Crippen LogP contribution in [0.4, 0.5) is 5.69 Å². The van der Waals surface area contributed by atoms with E-state index in [0.29, 0.717) is 5.92 Å². The molecule has 0 aliphatic carbocycles. The van der Waals surface area contributed by atoms with Gasteiger partial charge in [-0.1, -0.05) is 0 Å². The summed E-state index contributed by atoms with van der Waals surface area (Å²) in [5.74, 6) is 0.467.